The van der Waals surface area contributed by atoms with E-state index < -0.39 is 17.8 Å². The molecular formula is C23H45NO4. The fourth-order valence-electron chi connectivity index (χ4n) is 3.71. The fourth-order valence-corrected chi connectivity index (χ4v) is 3.71. The Morgan fingerprint density at radius 2 is 1.46 bits per heavy atom. The predicted octanol–water partition coefficient (Wildman–Crippen LogP) is 5.73. The molecule has 0 unspecified atom stereocenters. The van der Waals surface area contributed by atoms with Crippen LogP contribution in [0.1, 0.15) is 111 Å². The number of aliphatic hydroxyl groups excluding tert-OH is 1. The average molecular weight is 400 g/mol. The van der Waals surface area contributed by atoms with E-state index in [1.807, 2.05) is 20.8 Å². The fraction of sp³-hybridized carbons (Fsp3) is 0.957. The van der Waals surface area contributed by atoms with Crippen molar-refractivity contribution in [3.05, 3.63) is 0 Å². The molecule has 0 spiro atoms. The van der Waals surface area contributed by atoms with Gasteiger partial charge in [-0.25, -0.2) is 4.79 Å². The van der Waals surface area contributed by atoms with Gasteiger partial charge < -0.3 is 19.9 Å². The van der Waals surface area contributed by atoms with Crippen LogP contribution in [0.2, 0.25) is 0 Å². The van der Waals surface area contributed by atoms with Gasteiger partial charge in [-0.2, -0.15) is 0 Å². The van der Waals surface area contributed by atoms with Crippen molar-refractivity contribution < 1.29 is 19.4 Å². The quantitative estimate of drug-likeness (QED) is 0.366. The minimum Gasteiger partial charge on any atom is -0.444 e. The van der Waals surface area contributed by atoms with Crippen molar-refractivity contribution in [2.45, 2.75) is 135 Å². The molecule has 0 aromatic carbocycles. The second-order valence-electron chi connectivity index (χ2n) is 9.29. The van der Waals surface area contributed by atoms with E-state index in [0.717, 1.165) is 12.8 Å². The molecule has 2 N–H and O–H groups in total. The van der Waals surface area contributed by atoms with E-state index in [1.54, 1.807) is 0 Å². The first-order valence-corrected chi connectivity index (χ1v) is 11.6. The number of unbranched alkanes of at least 4 members (excludes halogenated alkanes) is 11. The predicted molar refractivity (Wildman–Crippen MR) is 115 cm³/mol. The van der Waals surface area contributed by atoms with Crippen LogP contribution in [0.5, 0.6) is 0 Å². The lowest BCUT2D eigenvalue weighted by Gasteiger charge is -2.23. The van der Waals surface area contributed by atoms with Crippen LogP contribution in [0, 0.1) is 0 Å². The number of aliphatic hydroxyl groups is 1. The number of nitrogens with one attached hydrogen (secondary N) is 1. The van der Waals surface area contributed by atoms with Crippen molar-refractivity contribution in [2.75, 3.05) is 6.61 Å². The molecule has 166 valence electrons. The molecule has 1 aliphatic rings. The molecular weight excluding hydrogens is 354 g/mol. The summed E-state index contributed by atoms with van der Waals surface area (Å²) in [5, 5.41) is 13.1. The normalized spacial score (nSPS) is 22.4. The number of alkyl carbamates (subject to hydrolysis) is 1. The van der Waals surface area contributed by atoms with Gasteiger partial charge >= 0.3 is 6.09 Å². The van der Waals surface area contributed by atoms with E-state index >= 15 is 0 Å². The molecule has 5 nitrogen and oxygen atoms in total. The summed E-state index contributed by atoms with van der Waals surface area (Å²) in [5.41, 5.74) is -0.539. The lowest BCUT2D eigenvalue weighted by molar-refractivity contribution is 0.0304. The zero-order chi connectivity index (χ0) is 20.8. The van der Waals surface area contributed by atoms with Gasteiger partial charge in [0.2, 0.25) is 0 Å². The van der Waals surface area contributed by atoms with E-state index in [0.29, 0.717) is 6.61 Å². The van der Waals surface area contributed by atoms with E-state index in [-0.39, 0.29) is 12.1 Å². The molecule has 1 amide bonds. The van der Waals surface area contributed by atoms with Crippen LogP contribution in [0.4, 0.5) is 4.79 Å². The highest BCUT2D eigenvalue weighted by Gasteiger charge is 2.37. The monoisotopic (exact) mass is 399 g/mol. The molecule has 1 saturated heterocycles. The maximum absolute atomic E-state index is 11.8. The van der Waals surface area contributed by atoms with Crippen molar-refractivity contribution in [1.82, 2.24) is 5.32 Å². The Hall–Kier alpha value is -0.810. The molecule has 0 radical (unpaired) electrons. The van der Waals surface area contributed by atoms with Crippen molar-refractivity contribution in [3.63, 3.8) is 0 Å². The third-order valence-electron chi connectivity index (χ3n) is 5.33. The second-order valence-corrected chi connectivity index (χ2v) is 9.29. The molecule has 0 aliphatic carbocycles. The van der Waals surface area contributed by atoms with E-state index in [1.165, 1.54) is 70.6 Å². The van der Waals surface area contributed by atoms with Gasteiger partial charge in [-0.15, -0.1) is 0 Å². The van der Waals surface area contributed by atoms with Crippen molar-refractivity contribution in [3.8, 4) is 0 Å². The Morgan fingerprint density at radius 1 is 0.964 bits per heavy atom. The molecule has 1 heterocycles. The summed E-state index contributed by atoms with van der Waals surface area (Å²) in [7, 11) is 0. The minimum absolute atomic E-state index is 0.178. The molecule has 0 aromatic rings. The van der Waals surface area contributed by atoms with Crippen LogP contribution >= 0.6 is 0 Å². The summed E-state index contributed by atoms with van der Waals surface area (Å²) in [6.07, 6.45) is 15.4. The van der Waals surface area contributed by atoms with Gasteiger partial charge in [0.15, 0.2) is 0 Å². The average Bonchev–Trinajstić information content (AvgIpc) is 2.94. The van der Waals surface area contributed by atoms with Gasteiger partial charge in [-0.3, -0.25) is 0 Å². The molecule has 5 heteroatoms. The highest BCUT2D eigenvalue weighted by molar-refractivity contribution is 5.68. The first-order valence-electron chi connectivity index (χ1n) is 11.6. The molecule has 0 bridgehead atoms. The number of carbonyl (C=O) groups is 1. The van der Waals surface area contributed by atoms with E-state index in [4.69, 9.17) is 9.47 Å². The smallest absolute Gasteiger partial charge is 0.408 e. The molecule has 1 aliphatic heterocycles. The van der Waals surface area contributed by atoms with Crippen LogP contribution in [0.25, 0.3) is 0 Å². The van der Waals surface area contributed by atoms with Crippen LogP contribution < -0.4 is 5.32 Å². The summed E-state index contributed by atoms with van der Waals surface area (Å²) >= 11 is 0. The molecule has 1 fully saturated rings. The SMILES string of the molecule is CCCCCCCCCCCCCC[C@@H]1OC[C@H](NC(=O)OC(C)(C)C)[C@@H]1O. The molecule has 0 aromatic heterocycles. The van der Waals surface area contributed by atoms with E-state index in [2.05, 4.69) is 12.2 Å². The summed E-state index contributed by atoms with van der Waals surface area (Å²) in [4.78, 5) is 11.8. The number of amides is 1. The van der Waals surface area contributed by atoms with Crippen LogP contribution in [-0.2, 0) is 9.47 Å². The lowest BCUT2D eigenvalue weighted by Crippen LogP contribution is -2.46. The van der Waals surface area contributed by atoms with Crippen LogP contribution in [0.15, 0.2) is 0 Å². The second kappa shape index (κ2) is 14.2. The molecule has 0 saturated carbocycles. The van der Waals surface area contributed by atoms with E-state index in [9.17, 15) is 9.90 Å². The topological polar surface area (TPSA) is 67.8 Å². The lowest BCUT2D eigenvalue weighted by atomic mass is 10.0. The summed E-state index contributed by atoms with van der Waals surface area (Å²) in [6.45, 7) is 8.09. The van der Waals surface area contributed by atoms with Crippen molar-refractivity contribution in [2.24, 2.45) is 0 Å². The summed E-state index contributed by atoms with van der Waals surface area (Å²) in [5.74, 6) is 0. The maximum atomic E-state index is 11.8. The van der Waals surface area contributed by atoms with Crippen LogP contribution in [0.3, 0.4) is 0 Å². The number of hydrogen-bond donors (Lipinski definition) is 2. The van der Waals surface area contributed by atoms with Crippen molar-refractivity contribution >= 4 is 6.09 Å². The third kappa shape index (κ3) is 11.9. The van der Waals surface area contributed by atoms with Gasteiger partial charge in [-0.1, -0.05) is 84.0 Å². The van der Waals surface area contributed by atoms with Crippen LogP contribution in [-0.4, -0.2) is 41.7 Å². The maximum Gasteiger partial charge on any atom is 0.408 e. The zero-order valence-corrected chi connectivity index (χ0v) is 18.8. The first kappa shape index (κ1) is 25.2. The highest BCUT2D eigenvalue weighted by atomic mass is 16.6. The molecule has 28 heavy (non-hydrogen) atoms. The largest absolute Gasteiger partial charge is 0.444 e. The minimum atomic E-state index is -0.653. The van der Waals surface area contributed by atoms with Gasteiger partial charge in [-0.05, 0) is 27.2 Å². The number of carbonyl (C=O) groups excluding carboxylic acids is 1. The number of ether oxygens (including phenoxy) is 2. The Kier molecular flexibility index (Phi) is 12.8. The Balaban J connectivity index is 1.99. The standard InChI is InChI=1S/C23H45NO4/c1-5-6-7-8-9-10-11-12-13-14-15-16-17-20-21(25)19(18-27-20)24-22(26)28-23(2,3)4/h19-21,25H,5-18H2,1-4H3,(H,24,26)/t19-,20-,21-/m0/s1. The number of hydrogen-bond acceptors (Lipinski definition) is 4. The molecule has 3 atom stereocenters. The summed E-state index contributed by atoms with van der Waals surface area (Å²) in [6, 6.07) is -0.378. The Bertz CT molecular complexity index is 408. The number of rotatable bonds is 14. The molecule has 1 rings (SSSR count). The first-order chi connectivity index (χ1) is 13.3. The Morgan fingerprint density at radius 3 is 1.96 bits per heavy atom. The van der Waals surface area contributed by atoms with Gasteiger partial charge in [0.1, 0.15) is 11.7 Å². The van der Waals surface area contributed by atoms with Gasteiger partial charge in [0.25, 0.3) is 0 Å². The van der Waals surface area contributed by atoms with Crippen molar-refractivity contribution in [1.29, 1.82) is 0 Å². The third-order valence-corrected chi connectivity index (χ3v) is 5.33. The zero-order valence-electron chi connectivity index (χ0n) is 18.8. The van der Waals surface area contributed by atoms with Gasteiger partial charge in [0, 0.05) is 0 Å². The summed E-state index contributed by atoms with van der Waals surface area (Å²) < 4.78 is 10.9. The highest BCUT2D eigenvalue weighted by Crippen LogP contribution is 2.21. The Labute approximate surface area is 172 Å². The van der Waals surface area contributed by atoms with Gasteiger partial charge in [0.05, 0.1) is 18.8 Å².